The van der Waals surface area contributed by atoms with Crippen LogP contribution in [0.4, 0.5) is 0 Å². The molecule has 0 aliphatic carbocycles. The molecule has 2 aromatic carbocycles. The van der Waals surface area contributed by atoms with Gasteiger partial charge >= 0.3 is 0 Å². The lowest BCUT2D eigenvalue weighted by Crippen LogP contribution is -2.50. The Balaban J connectivity index is 1.49. The van der Waals surface area contributed by atoms with Gasteiger partial charge in [-0.3, -0.25) is 9.59 Å². The Labute approximate surface area is 205 Å². The molecule has 34 heavy (non-hydrogen) atoms. The minimum atomic E-state index is -0.501. The van der Waals surface area contributed by atoms with Crippen LogP contribution in [-0.2, 0) is 22.4 Å². The molecule has 1 saturated heterocycles. The summed E-state index contributed by atoms with van der Waals surface area (Å²) in [5.74, 6) is 0.706. The van der Waals surface area contributed by atoms with Crippen molar-refractivity contribution in [3.05, 3.63) is 71.9 Å². The predicted octanol–water partition coefficient (Wildman–Crippen LogP) is 3.51. The molecule has 1 aliphatic heterocycles. The predicted molar refractivity (Wildman–Crippen MR) is 140 cm³/mol. The summed E-state index contributed by atoms with van der Waals surface area (Å²) in [5.41, 5.74) is 9.10. The summed E-state index contributed by atoms with van der Waals surface area (Å²) in [7, 11) is 0. The van der Waals surface area contributed by atoms with Crippen LogP contribution in [0.25, 0.3) is 10.9 Å². The van der Waals surface area contributed by atoms with E-state index >= 15 is 0 Å². The van der Waals surface area contributed by atoms with Crippen molar-refractivity contribution in [3.63, 3.8) is 0 Å². The topological polar surface area (TPSA) is 91.2 Å². The molecule has 180 valence electrons. The number of thioether (sulfide) groups is 1. The second-order valence-corrected chi connectivity index (χ2v) is 10.1. The molecule has 0 spiro atoms. The molecule has 2 heterocycles. The van der Waals surface area contributed by atoms with E-state index in [1.54, 1.807) is 11.8 Å². The molecule has 2 atom stereocenters. The lowest BCUT2D eigenvalue weighted by Gasteiger charge is -2.27. The molecule has 1 aliphatic rings. The molecule has 7 heteroatoms. The maximum absolute atomic E-state index is 13.5. The number of nitrogens with zero attached hydrogens (tertiary/aromatic N) is 1. The zero-order chi connectivity index (χ0) is 23.8. The Hall–Kier alpha value is -2.77. The number of benzene rings is 2. The van der Waals surface area contributed by atoms with Crippen molar-refractivity contribution < 1.29 is 9.59 Å². The molecule has 0 unspecified atom stereocenters. The third-order valence-corrected chi connectivity index (χ3v) is 7.64. The summed E-state index contributed by atoms with van der Waals surface area (Å²) in [4.78, 5) is 32.0. The molecule has 0 radical (unpaired) electrons. The summed E-state index contributed by atoms with van der Waals surface area (Å²) < 4.78 is 0. The minimum absolute atomic E-state index is 0.0228. The standard InChI is InChI=1S/C27H34N4O2S/c28-14-7-6-12-24-27(33)31(15-13-20-8-2-1-3-9-20)16-17-34-25(26(32)30-24)18-21-19-29-23-11-5-4-10-22(21)23/h1-5,8-11,19,24-25,29H,6-7,12-18,28H2,(H,30,32)/t24-,25+/m1/s1. The third kappa shape index (κ3) is 6.21. The number of aromatic amines is 1. The number of aromatic nitrogens is 1. The minimum Gasteiger partial charge on any atom is -0.361 e. The lowest BCUT2D eigenvalue weighted by atomic mass is 10.1. The number of H-pyrrole nitrogens is 1. The fourth-order valence-corrected chi connectivity index (χ4v) is 5.64. The van der Waals surface area contributed by atoms with Gasteiger partial charge in [-0.05, 0) is 55.8 Å². The number of para-hydroxylation sites is 1. The molecular formula is C27H34N4O2S. The molecule has 2 amide bonds. The largest absolute Gasteiger partial charge is 0.361 e. The van der Waals surface area contributed by atoms with Gasteiger partial charge in [-0.2, -0.15) is 0 Å². The number of carbonyl (C=O) groups is 2. The fraction of sp³-hybridized carbons (Fsp3) is 0.407. The summed E-state index contributed by atoms with van der Waals surface area (Å²) >= 11 is 1.64. The third-order valence-electron chi connectivity index (χ3n) is 6.44. The van der Waals surface area contributed by atoms with Crippen molar-refractivity contribution in [1.29, 1.82) is 0 Å². The Bertz CT molecular complexity index is 1080. The van der Waals surface area contributed by atoms with E-state index in [1.165, 1.54) is 5.56 Å². The van der Waals surface area contributed by atoms with Gasteiger partial charge in [0.05, 0.1) is 5.25 Å². The first-order valence-corrected chi connectivity index (χ1v) is 13.2. The van der Waals surface area contributed by atoms with Gasteiger partial charge < -0.3 is 20.9 Å². The Kier molecular flexibility index (Phi) is 8.66. The number of nitrogens with one attached hydrogen (secondary N) is 2. The highest BCUT2D eigenvalue weighted by Crippen LogP contribution is 2.25. The maximum atomic E-state index is 13.5. The number of amides is 2. The molecule has 3 aromatic rings. The van der Waals surface area contributed by atoms with Crippen LogP contribution >= 0.6 is 11.8 Å². The normalized spacial score (nSPS) is 19.5. The van der Waals surface area contributed by atoms with Gasteiger partial charge in [0, 0.05) is 35.9 Å². The monoisotopic (exact) mass is 478 g/mol. The van der Waals surface area contributed by atoms with Crippen LogP contribution in [0.15, 0.2) is 60.8 Å². The van der Waals surface area contributed by atoms with E-state index < -0.39 is 6.04 Å². The zero-order valence-corrected chi connectivity index (χ0v) is 20.4. The molecular weight excluding hydrogens is 444 g/mol. The molecule has 6 nitrogen and oxygen atoms in total. The SMILES string of the molecule is NCCCC[C@H]1NC(=O)[C@H](Cc2c[nH]c3ccccc23)SCCN(CCc2ccccc2)C1=O. The summed E-state index contributed by atoms with van der Waals surface area (Å²) in [6.45, 7) is 1.88. The number of fused-ring (bicyclic) bond motifs is 1. The van der Waals surface area contributed by atoms with Crippen molar-refractivity contribution >= 4 is 34.5 Å². The Morgan fingerprint density at radius 2 is 1.82 bits per heavy atom. The van der Waals surface area contributed by atoms with Gasteiger partial charge in [0.25, 0.3) is 0 Å². The lowest BCUT2D eigenvalue weighted by molar-refractivity contribution is -0.136. The second kappa shape index (κ2) is 12.1. The smallest absolute Gasteiger partial charge is 0.245 e. The fourth-order valence-electron chi connectivity index (χ4n) is 4.51. The highest BCUT2D eigenvalue weighted by molar-refractivity contribution is 8.00. The van der Waals surface area contributed by atoms with E-state index in [1.807, 2.05) is 47.5 Å². The van der Waals surface area contributed by atoms with Gasteiger partial charge in [0.2, 0.25) is 11.8 Å². The second-order valence-electron chi connectivity index (χ2n) is 8.83. The summed E-state index contributed by atoms with van der Waals surface area (Å²) in [6.07, 6.45) is 5.72. The molecule has 4 rings (SSSR count). The van der Waals surface area contributed by atoms with Crippen LogP contribution in [0.1, 0.15) is 30.4 Å². The average molecular weight is 479 g/mol. The number of nitrogens with two attached hydrogens (primary N) is 1. The molecule has 1 fully saturated rings. The Morgan fingerprint density at radius 1 is 1.03 bits per heavy atom. The van der Waals surface area contributed by atoms with Crippen LogP contribution in [0.5, 0.6) is 0 Å². The first kappa shape index (κ1) is 24.4. The molecule has 4 N–H and O–H groups in total. The van der Waals surface area contributed by atoms with Crippen molar-refractivity contribution in [1.82, 2.24) is 15.2 Å². The van der Waals surface area contributed by atoms with Crippen molar-refractivity contribution in [3.8, 4) is 0 Å². The van der Waals surface area contributed by atoms with Gasteiger partial charge in [-0.1, -0.05) is 48.5 Å². The van der Waals surface area contributed by atoms with Crippen LogP contribution in [-0.4, -0.2) is 58.4 Å². The highest BCUT2D eigenvalue weighted by atomic mass is 32.2. The van der Waals surface area contributed by atoms with E-state index in [0.29, 0.717) is 32.5 Å². The highest BCUT2D eigenvalue weighted by Gasteiger charge is 2.31. The van der Waals surface area contributed by atoms with E-state index in [4.69, 9.17) is 5.73 Å². The van der Waals surface area contributed by atoms with Gasteiger partial charge in [-0.25, -0.2) is 0 Å². The maximum Gasteiger partial charge on any atom is 0.245 e. The summed E-state index contributed by atoms with van der Waals surface area (Å²) in [6, 6.07) is 17.9. The molecule has 0 bridgehead atoms. The quantitative estimate of drug-likeness (QED) is 0.411. The van der Waals surface area contributed by atoms with Gasteiger partial charge in [0.15, 0.2) is 0 Å². The number of hydrogen-bond acceptors (Lipinski definition) is 4. The van der Waals surface area contributed by atoms with Gasteiger partial charge in [-0.15, -0.1) is 11.8 Å². The number of hydrogen-bond donors (Lipinski definition) is 3. The first-order valence-electron chi connectivity index (χ1n) is 12.2. The van der Waals surface area contributed by atoms with Crippen molar-refractivity contribution in [2.75, 3.05) is 25.4 Å². The number of carbonyl (C=O) groups excluding carboxylic acids is 2. The van der Waals surface area contributed by atoms with Crippen LogP contribution < -0.4 is 11.1 Å². The van der Waals surface area contributed by atoms with Crippen LogP contribution in [0.3, 0.4) is 0 Å². The number of unbranched alkanes of at least 4 members (excludes halogenated alkanes) is 1. The zero-order valence-electron chi connectivity index (χ0n) is 19.5. The van der Waals surface area contributed by atoms with Crippen molar-refractivity contribution in [2.24, 2.45) is 5.73 Å². The summed E-state index contributed by atoms with van der Waals surface area (Å²) in [5, 5.41) is 4.02. The van der Waals surface area contributed by atoms with E-state index in [0.717, 1.165) is 41.5 Å². The number of rotatable bonds is 9. The van der Waals surface area contributed by atoms with Crippen LogP contribution in [0.2, 0.25) is 0 Å². The molecule has 0 saturated carbocycles. The van der Waals surface area contributed by atoms with E-state index in [9.17, 15) is 9.59 Å². The van der Waals surface area contributed by atoms with E-state index in [2.05, 4.69) is 28.5 Å². The van der Waals surface area contributed by atoms with Crippen LogP contribution in [0, 0.1) is 0 Å². The first-order chi connectivity index (χ1) is 16.7. The molecule has 1 aromatic heterocycles. The van der Waals surface area contributed by atoms with Crippen molar-refractivity contribution in [2.45, 2.75) is 43.4 Å². The van der Waals surface area contributed by atoms with Gasteiger partial charge in [0.1, 0.15) is 6.04 Å². The average Bonchev–Trinajstić information content (AvgIpc) is 3.28. The van der Waals surface area contributed by atoms with E-state index in [-0.39, 0.29) is 17.1 Å². The Morgan fingerprint density at radius 3 is 2.65 bits per heavy atom.